The number of hydrogen-bond acceptors (Lipinski definition) is 5. The highest BCUT2D eigenvalue weighted by Crippen LogP contribution is 2.31. The predicted octanol–water partition coefficient (Wildman–Crippen LogP) is 4.36. The van der Waals surface area contributed by atoms with E-state index in [0.717, 1.165) is 16.8 Å². The molecule has 3 aromatic rings. The van der Waals surface area contributed by atoms with E-state index in [9.17, 15) is 4.79 Å². The average molecular weight is 428 g/mol. The summed E-state index contributed by atoms with van der Waals surface area (Å²) in [7, 11) is 3.96. The molecule has 2 heterocycles. The first kappa shape index (κ1) is 21.6. The van der Waals surface area contributed by atoms with Crippen LogP contribution in [-0.2, 0) is 0 Å². The van der Waals surface area contributed by atoms with Crippen molar-refractivity contribution >= 4 is 56.6 Å². The first-order chi connectivity index (χ1) is 12.3. The monoisotopic (exact) mass is 427 g/mol. The predicted molar refractivity (Wildman–Crippen MR) is 115 cm³/mol. The molecular weight excluding hydrogens is 405 g/mol. The molecule has 0 aliphatic heterocycles. The van der Waals surface area contributed by atoms with Gasteiger partial charge in [-0.05, 0) is 52.2 Å². The van der Waals surface area contributed by atoms with E-state index in [2.05, 4.69) is 10.1 Å². The minimum absolute atomic E-state index is 0. The summed E-state index contributed by atoms with van der Waals surface area (Å²) in [5, 5.41) is 5.74. The molecule has 146 valence electrons. The Morgan fingerprint density at radius 1 is 1.26 bits per heavy atom. The molecule has 0 saturated carbocycles. The summed E-state index contributed by atoms with van der Waals surface area (Å²) in [6.45, 7) is 5.33. The van der Waals surface area contributed by atoms with Crippen molar-refractivity contribution in [3.05, 3.63) is 41.2 Å². The fourth-order valence-corrected chi connectivity index (χ4v) is 3.73. The van der Waals surface area contributed by atoms with Gasteiger partial charge in [0.2, 0.25) is 0 Å². The number of carbonyl (C=O) groups is 1. The lowest BCUT2D eigenvalue weighted by Crippen LogP contribution is -2.37. The summed E-state index contributed by atoms with van der Waals surface area (Å²) < 4.78 is 2.75. The van der Waals surface area contributed by atoms with Gasteiger partial charge >= 0.3 is 0 Å². The van der Waals surface area contributed by atoms with Crippen LogP contribution in [0.5, 0.6) is 0 Å². The van der Waals surface area contributed by atoms with E-state index in [1.807, 2.05) is 57.2 Å². The molecule has 0 N–H and O–H groups in total. The number of rotatable bonds is 6. The van der Waals surface area contributed by atoms with Gasteiger partial charge in [-0.2, -0.15) is 5.10 Å². The molecule has 0 aliphatic rings. The molecular formula is C18H23Cl2N5OS. The molecule has 0 spiro atoms. The highest BCUT2D eigenvalue weighted by molar-refractivity contribution is 7.22. The van der Waals surface area contributed by atoms with Gasteiger partial charge in [0.1, 0.15) is 0 Å². The van der Waals surface area contributed by atoms with Crippen molar-refractivity contribution < 1.29 is 4.79 Å². The standard InChI is InChI=1S/C18H22ClN5OS.ClH/c1-12(2)24-8-7-15(21-24)17(25)23(10-9-22(3)4)18-20-14-6-5-13(19)11-16(14)26-18;/h5-8,11-12H,9-10H2,1-4H3;1H. The van der Waals surface area contributed by atoms with E-state index in [0.29, 0.717) is 22.4 Å². The fourth-order valence-electron chi connectivity index (χ4n) is 2.46. The van der Waals surface area contributed by atoms with E-state index in [1.54, 1.807) is 15.6 Å². The van der Waals surface area contributed by atoms with E-state index < -0.39 is 0 Å². The molecule has 0 aliphatic carbocycles. The summed E-state index contributed by atoms with van der Waals surface area (Å²) in [5.41, 5.74) is 1.26. The Labute approximate surface area is 174 Å². The molecule has 9 heteroatoms. The van der Waals surface area contributed by atoms with Gasteiger partial charge in [-0.3, -0.25) is 14.4 Å². The van der Waals surface area contributed by atoms with Gasteiger partial charge in [0, 0.05) is 30.4 Å². The number of halogens is 2. The minimum atomic E-state index is -0.142. The Morgan fingerprint density at radius 3 is 2.63 bits per heavy atom. The van der Waals surface area contributed by atoms with Crippen molar-refractivity contribution in [2.24, 2.45) is 0 Å². The zero-order valence-corrected chi connectivity index (χ0v) is 18.1. The third-order valence-electron chi connectivity index (χ3n) is 3.94. The quantitative estimate of drug-likeness (QED) is 0.586. The average Bonchev–Trinajstić information content (AvgIpc) is 3.20. The Bertz CT molecular complexity index is 922. The number of carbonyl (C=O) groups excluding carboxylic acids is 1. The maximum absolute atomic E-state index is 13.1. The maximum Gasteiger partial charge on any atom is 0.280 e. The number of hydrogen-bond donors (Lipinski definition) is 0. The Kier molecular flexibility index (Phi) is 7.22. The second-order valence-corrected chi connectivity index (χ2v) is 8.09. The van der Waals surface area contributed by atoms with Crippen molar-refractivity contribution in [1.82, 2.24) is 19.7 Å². The Balaban J connectivity index is 0.00000261. The SMILES string of the molecule is CC(C)n1ccc(C(=O)N(CCN(C)C)c2nc3ccc(Cl)cc3s2)n1.Cl. The van der Waals surface area contributed by atoms with Crippen LogP contribution in [0.2, 0.25) is 5.02 Å². The lowest BCUT2D eigenvalue weighted by Gasteiger charge is -2.21. The van der Waals surface area contributed by atoms with Gasteiger partial charge in [-0.25, -0.2) is 4.98 Å². The molecule has 0 unspecified atom stereocenters. The second kappa shape index (κ2) is 9.01. The van der Waals surface area contributed by atoms with Gasteiger partial charge < -0.3 is 4.90 Å². The van der Waals surface area contributed by atoms with Crippen molar-refractivity contribution in [2.45, 2.75) is 19.9 Å². The van der Waals surface area contributed by atoms with E-state index in [-0.39, 0.29) is 24.4 Å². The third kappa shape index (κ3) is 4.99. The largest absolute Gasteiger partial charge is 0.308 e. The lowest BCUT2D eigenvalue weighted by atomic mass is 10.3. The lowest BCUT2D eigenvalue weighted by molar-refractivity contribution is 0.0979. The van der Waals surface area contributed by atoms with Gasteiger partial charge in [-0.1, -0.05) is 22.9 Å². The number of fused-ring (bicyclic) bond motifs is 1. The van der Waals surface area contributed by atoms with Gasteiger partial charge in [0.05, 0.1) is 10.2 Å². The summed E-state index contributed by atoms with van der Waals surface area (Å²) in [6, 6.07) is 7.52. The van der Waals surface area contributed by atoms with Crippen molar-refractivity contribution in [2.75, 3.05) is 32.1 Å². The van der Waals surface area contributed by atoms with E-state index in [4.69, 9.17) is 11.6 Å². The number of anilines is 1. The highest BCUT2D eigenvalue weighted by atomic mass is 35.5. The highest BCUT2D eigenvalue weighted by Gasteiger charge is 2.23. The van der Waals surface area contributed by atoms with Crippen LogP contribution in [0.25, 0.3) is 10.2 Å². The van der Waals surface area contributed by atoms with E-state index >= 15 is 0 Å². The molecule has 0 saturated heterocycles. The number of aromatic nitrogens is 3. The summed E-state index contributed by atoms with van der Waals surface area (Å²) in [6.07, 6.45) is 1.83. The zero-order chi connectivity index (χ0) is 18.8. The molecule has 2 aromatic heterocycles. The van der Waals surface area contributed by atoms with Crippen LogP contribution in [0.4, 0.5) is 5.13 Å². The maximum atomic E-state index is 13.1. The zero-order valence-electron chi connectivity index (χ0n) is 15.7. The molecule has 27 heavy (non-hydrogen) atoms. The fraction of sp³-hybridized carbons (Fsp3) is 0.389. The van der Waals surface area contributed by atoms with Crippen molar-refractivity contribution in [3.8, 4) is 0 Å². The molecule has 6 nitrogen and oxygen atoms in total. The smallest absolute Gasteiger partial charge is 0.280 e. The van der Waals surface area contributed by atoms with E-state index in [1.165, 1.54) is 11.3 Å². The number of amides is 1. The molecule has 0 fully saturated rings. The molecule has 3 rings (SSSR count). The minimum Gasteiger partial charge on any atom is -0.308 e. The Hall–Kier alpha value is -1.67. The van der Waals surface area contributed by atoms with Crippen LogP contribution >= 0.6 is 35.3 Å². The van der Waals surface area contributed by atoms with Crippen LogP contribution < -0.4 is 4.90 Å². The van der Waals surface area contributed by atoms with Crippen molar-refractivity contribution in [1.29, 1.82) is 0 Å². The van der Waals surface area contributed by atoms with Crippen LogP contribution in [-0.4, -0.2) is 52.8 Å². The number of likely N-dealkylation sites (N-methyl/N-ethyl adjacent to an activating group) is 1. The van der Waals surface area contributed by atoms with Crippen LogP contribution in [0, 0.1) is 0 Å². The van der Waals surface area contributed by atoms with Gasteiger partial charge in [0.15, 0.2) is 10.8 Å². The van der Waals surface area contributed by atoms with Crippen LogP contribution in [0.1, 0.15) is 30.4 Å². The Morgan fingerprint density at radius 2 is 2.00 bits per heavy atom. The summed E-state index contributed by atoms with van der Waals surface area (Å²) in [4.78, 5) is 21.5. The topological polar surface area (TPSA) is 54.3 Å². The first-order valence-electron chi connectivity index (χ1n) is 8.43. The number of nitrogens with zero attached hydrogens (tertiary/aromatic N) is 5. The molecule has 1 aromatic carbocycles. The molecule has 0 radical (unpaired) electrons. The summed E-state index contributed by atoms with van der Waals surface area (Å²) >= 11 is 7.54. The normalized spacial score (nSPS) is 11.2. The molecule has 1 amide bonds. The molecule has 0 bridgehead atoms. The van der Waals surface area contributed by atoms with Crippen molar-refractivity contribution in [3.63, 3.8) is 0 Å². The first-order valence-corrected chi connectivity index (χ1v) is 9.62. The van der Waals surface area contributed by atoms with Crippen LogP contribution in [0.3, 0.4) is 0 Å². The summed E-state index contributed by atoms with van der Waals surface area (Å²) in [5.74, 6) is -0.142. The van der Waals surface area contributed by atoms with Crippen LogP contribution in [0.15, 0.2) is 30.5 Å². The number of thiazole rings is 1. The number of benzene rings is 1. The van der Waals surface area contributed by atoms with Gasteiger partial charge in [-0.15, -0.1) is 12.4 Å². The second-order valence-electron chi connectivity index (χ2n) is 6.64. The van der Waals surface area contributed by atoms with Gasteiger partial charge in [0.25, 0.3) is 5.91 Å². The molecule has 0 atom stereocenters. The third-order valence-corrected chi connectivity index (χ3v) is 5.22.